The molecule has 0 radical (unpaired) electrons. The molecule has 0 N–H and O–H groups in total. The molecule has 0 bridgehead atoms. The number of rotatable bonds is 2. The number of hydrogen-bond acceptors (Lipinski definition) is 5. The average Bonchev–Trinajstić information content (AvgIpc) is 2.99. The van der Waals surface area contributed by atoms with Crippen LogP contribution in [-0.4, -0.2) is 24.9 Å². The molecule has 0 fully saturated rings. The standard InChI is InChI=1S/C13H13N5O/c1-8-4-6-10(7-5-8)11-15-13(19-17-11)12-14-9(2)18(3)16-12/h4-7H,1-3H3. The van der Waals surface area contributed by atoms with Crippen molar-refractivity contribution in [1.82, 2.24) is 24.9 Å². The van der Waals surface area contributed by atoms with Crippen LogP contribution in [0.1, 0.15) is 11.4 Å². The lowest BCUT2D eigenvalue weighted by Crippen LogP contribution is -1.92. The third kappa shape index (κ3) is 2.12. The van der Waals surface area contributed by atoms with Crippen molar-refractivity contribution >= 4 is 0 Å². The molecule has 1 aromatic carbocycles. The van der Waals surface area contributed by atoms with E-state index in [2.05, 4.69) is 20.2 Å². The summed E-state index contributed by atoms with van der Waals surface area (Å²) in [5.74, 6) is 2.12. The van der Waals surface area contributed by atoms with Gasteiger partial charge in [0, 0.05) is 12.6 Å². The number of nitrogens with zero attached hydrogens (tertiary/aromatic N) is 5. The molecule has 0 amide bonds. The lowest BCUT2D eigenvalue weighted by Gasteiger charge is -1.94. The molecule has 0 unspecified atom stereocenters. The second-order valence-corrected chi connectivity index (χ2v) is 4.40. The zero-order valence-electron chi connectivity index (χ0n) is 11.0. The quantitative estimate of drug-likeness (QED) is 0.701. The van der Waals surface area contributed by atoms with E-state index in [1.54, 1.807) is 4.68 Å². The van der Waals surface area contributed by atoms with E-state index in [0.29, 0.717) is 17.5 Å². The van der Waals surface area contributed by atoms with Crippen LogP contribution in [0.3, 0.4) is 0 Å². The molecule has 2 aromatic heterocycles. The zero-order valence-corrected chi connectivity index (χ0v) is 11.0. The molecule has 0 aliphatic rings. The molecule has 19 heavy (non-hydrogen) atoms. The van der Waals surface area contributed by atoms with Gasteiger partial charge in [0.25, 0.3) is 5.89 Å². The molecule has 6 nitrogen and oxygen atoms in total. The van der Waals surface area contributed by atoms with Gasteiger partial charge in [0.05, 0.1) is 0 Å². The highest BCUT2D eigenvalue weighted by Gasteiger charge is 2.15. The van der Waals surface area contributed by atoms with E-state index < -0.39 is 0 Å². The number of hydrogen-bond donors (Lipinski definition) is 0. The first-order valence-electron chi connectivity index (χ1n) is 5.92. The van der Waals surface area contributed by atoms with Gasteiger partial charge in [-0.25, -0.2) is 4.98 Å². The number of benzene rings is 1. The third-order valence-corrected chi connectivity index (χ3v) is 2.91. The van der Waals surface area contributed by atoms with Gasteiger partial charge in [-0.2, -0.15) is 4.98 Å². The minimum Gasteiger partial charge on any atom is -0.330 e. The Morgan fingerprint density at radius 1 is 1.00 bits per heavy atom. The third-order valence-electron chi connectivity index (χ3n) is 2.91. The van der Waals surface area contributed by atoms with Crippen LogP contribution < -0.4 is 0 Å². The van der Waals surface area contributed by atoms with Gasteiger partial charge in [0.2, 0.25) is 11.6 Å². The van der Waals surface area contributed by atoms with Crippen LogP contribution in [0.2, 0.25) is 0 Å². The lowest BCUT2D eigenvalue weighted by atomic mass is 10.1. The molecular weight excluding hydrogens is 242 g/mol. The Kier molecular flexibility index (Phi) is 2.63. The molecule has 0 saturated carbocycles. The molecule has 96 valence electrons. The Bertz CT molecular complexity index is 691. The van der Waals surface area contributed by atoms with Gasteiger partial charge in [0.15, 0.2) is 0 Å². The van der Waals surface area contributed by atoms with E-state index in [4.69, 9.17) is 4.52 Å². The summed E-state index contributed by atoms with van der Waals surface area (Å²) in [6.07, 6.45) is 0. The maximum Gasteiger partial charge on any atom is 0.297 e. The summed E-state index contributed by atoms with van der Waals surface area (Å²) < 4.78 is 6.88. The molecular formula is C13H13N5O. The van der Waals surface area contributed by atoms with Crippen molar-refractivity contribution in [2.24, 2.45) is 7.05 Å². The van der Waals surface area contributed by atoms with E-state index in [9.17, 15) is 0 Å². The molecule has 0 atom stereocenters. The smallest absolute Gasteiger partial charge is 0.297 e. The highest BCUT2D eigenvalue weighted by atomic mass is 16.5. The van der Waals surface area contributed by atoms with Gasteiger partial charge in [-0.3, -0.25) is 4.68 Å². The summed E-state index contributed by atoms with van der Waals surface area (Å²) in [6, 6.07) is 7.94. The van der Waals surface area contributed by atoms with Crippen molar-refractivity contribution in [3.63, 3.8) is 0 Å². The molecule has 0 aliphatic heterocycles. The minimum atomic E-state index is 0.333. The Balaban J connectivity index is 1.97. The van der Waals surface area contributed by atoms with Crippen molar-refractivity contribution < 1.29 is 4.52 Å². The van der Waals surface area contributed by atoms with Gasteiger partial charge in [-0.05, 0) is 13.8 Å². The maximum absolute atomic E-state index is 5.20. The summed E-state index contributed by atoms with van der Waals surface area (Å²) in [7, 11) is 1.82. The van der Waals surface area contributed by atoms with E-state index in [1.807, 2.05) is 45.2 Å². The first-order valence-corrected chi connectivity index (χ1v) is 5.92. The van der Waals surface area contributed by atoms with Gasteiger partial charge in [-0.15, -0.1) is 5.10 Å². The normalized spacial score (nSPS) is 10.9. The van der Waals surface area contributed by atoms with E-state index in [0.717, 1.165) is 11.4 Å². The summed E-state index contributed by atoms with van der Waals surface area (Å²) in [5.41, 5.74) is 2.10. The van der Waals surface area contributed by atoms with E-state index >= 15 is 0 Å². The highest BCUT2D eigenvalue weighted by molar-refractivity contribution is 5.57. The minimum absolute atomic E-state index is 0.333. The Labute approximate surface area is 110 Å². The van der Waals surface area contributed by atoms with Crippen LogP contribution >= 0.6 is 0 Å². The van der Waals surface area contributed by atoms with Gasteiger partial charge < -0.3 is 4.52 Å². The van der Waals surface area contributed by atoms with E-state index in [1.165, 1.54) is 5.56 Å². The number of aromatic nitrogens is 5. The van der Waals surface area contributed by atoms with Crippen molar-refractivity contribution in [2.75, 3.05) is 0 Å². The SMILES string of the molecule is Cc1ccc(-c2noc(-c3nc(C)n(C)n3)n2)cc1. The molecule has 3 aromatic rings. The number of aryl methyl sites for hydroxylation is 3. The second-order valence-electron chi connectivity index (χ2n) is 4.40. The van der Waals surface area contributed by atoms with Crippen molar-refractivity contribution in [3.05, 3.63) is 35.7 Å². The van der Waals surface area contributed by atoms with Crippen molar-refractivity contribution in [1.29, 1.82) is 0 Å². The van der Waals surface area contributed by atoms with Crippen molar-refractivity contribution in [2.45, 2.75) is 13.8 Å². The maximum atomic E-state index is 5.20. The fraction of sp³-hybridized carbons (Fsp3) is 0.231. The fourth-order valence-corrected chi connectivity index (χ4v) is 1.69. The second kappa shape index (κ2) is 4.31. The molecule has 0 spiro atoms. The van der Waals surface area contributed by atoms with Crippen LogP contribution in [0.25, 0.3) is 23.1 Å². The predicted molar refractivity (Wildman–Crippen MR) is 69.2 cm³/mol. The molecule has 6 heteroatoms. The molecule has 0 saturated heterocycles. The Morgan fingerprint density at radius 3 is 2.37 bits per heavy atom. The average molecular weight is 255 g/mol. The first-order chi connectivity index (χ1) is 9.13. The largest absolute Gasteiger partial charge is 0.330 e. The topological polar surface area (TPSA) is 69.6 Å². The van der Waals surface area contributed by atoms with Crippen LogP contribution in [0.15, 0.2) is 28.8 Å². The van der Waals surface area contributed by atoms with Crippen LogP contribution in [-0.2, 0) is 7.05 Å². The summed E-state index contributed by atoms with van der Waals surface area (Å²) in [5, 5.41) is 8.17. The van der Waals surface area contributed by atoms with E-state index in [-0.39, 0.29) is 0 Å². The van der Waals surface area contributed by atoms with Gasteiger partial charge >= 0.3 is 0 Å². The van der Waals surface area contributed by atoms with Crippen LogP contribution in [0, 0.1) is 13.8 Å². The molecule has 3 rings (SSSR count). The van der Waals surface area contributed by atoms with Gasteiger partial charge in [-0.1, -0.05) is 35.0 Å². The summed E-state index contributed by atoms with van der Waals surface area (Å²) in [6.45, 7) is 3.90. The Morgan fingerprint density at radius 2 is 1.74 bits per heavy atom. The summed E-state index contributed by atoms with van der Waals surface area (Å²) >= 11 is 0. The van der Waals surface area contributed by atoms with Crippen LogP contribution in [0.4, 0.5) is 0 Å². The predicted octanol–water partition coefficient (Wildman–Crippen LogP) is 2.15. The van der Waals surface area contributed by atoms with Crippen LogP contribution in [0.5, 0.6) is 0 Å². The zero-order chi connectivity index (χ0) is 13.4. The summed E-state index contributed by atoms with van der Waals surface area (Å²) in [4.78, 5) is 8.58. The first kappa shape index (κ1) is 11.6. The lowest BCUT2D eigenvalue weighted by molar-refractivity contribution is 0.429. The van der Waals surface area contributed by atoms with Crippen molar-refractivity contribution in [3.8, 4) is 23.1 Å². The molecule has 0 aliphatic carbocycles. The Hall–Kier alpha value is -2.50. The monoisotopic (exact) mass is 255 g/mol. The van der Waals surface area contributed by atoms with Gasteiger partial charge in [0.1, 0.15) is 5.82 Å². The highest BCUT2D eigenvalue weighted by Crippen LogP contribution is 2.20. The molecule has 2 heterocycles. The fourth-order valence-electron chi connectivity index (χ4n) is 1.69.